The largest absolute Gasteiger partial charge is 0.411 e. The lowest BCUT2D eigenvalue weighted by molar-refractivity contribution is 0.314. The third kappa shape index (κ3) is 3.49. The first-order valence-corrected chi connectivity index (χ1v) is 6.24. The van der Waals surface area contributed by atoms with Crippen molar-refractivity contribution in [2.24, 2.45) is 5.16 Å². The number of hydrogen-bond donors (Lipinski definition) is 2. The molecule has 0 aromatic heterocycles. The minimum Gasteiger partial charge on any atom is -0.411 e. The maximum Gasteiger partial charge on any atom is 0.0787 e. The molecule has 0 bridgehead atoms. The van der Waals surface area contributed by atoms with Crippen molar-refractivity contribution in [3.8, 4) is 0 Å². The molecule has 1 aromatic carbocycles. The molecule has 18 heavy (non-hydrogen) atoms. The number of oxime groups is 1. The lowest BCUT2D eigenvalue weighted by Crippen LogP contribution is -2.38. The predicted molar refractivity (Wildman–Crippen MR) is 77.7 cm³/mol. The summed E-state index contributed by atoms with van der Waals surface area (Å²) in [7, 11) is 0. The fourth-order valence-corrected chi connectivity index (χ4v) is 1.63. The van der Waals surface area contributed by atoms with E-state index in [0.29, 0.717) is 5.71 Å². The maximum atomic E-state index is 8.85. The second kappa shape index (κ2) is 5.01. The second-order valence-electron chi connectivity index (χ2n) is 6.26. The molecule has 0 spiro atoms. The van der Waals surface area contributed by atoms with Crippen molar-refractivity contribution in [1.82, 2.24) is 0 Å². The highest BCUT2D eigenvalue weighted by Crippen LogP contribution is 2.24. The molecule has 0 amide bonds. The first-order valence-electron chi connectivity index (χ1n) is 6.24. The van der Waals surface area contributed by atoms with Crippen LogP contribution in [0.25, 0.3) is 0 Å². The van der Waals surface area contributed by atoms with Crippen molar-refractivity contribution >= 4 is 11.4 Å². The number of rotatable bonds is 3. The summed E-state index contributed by atoms with van der Waals surface area (Å²) >= 11 is 0. The lowest BCUT2D eigenvalue weighted by atomic mass is 9.87. The van der Waals surface area contributed by atoms with Gasteiger partial charge in [-0.3, -0.25) is 0 Å². The fourth-order valence-electron chi connectivity index (χ4n) is 1.63. The van der Waals surface area contributed by atoms with Crippen LogP contribution in [0.2, 0.25) is 0 Å². The van der Waals surface area contributed by atoms with E-state index in [1.807, 2.05) is 13.8 Å². The topological polar surface area (TPSA) is 44.6 Å². The van der Waals surface area contributed by atoms with E-state index in [4.69, 9.17) is 5.21 Å². The number of anilines is 1. The van der Waals surface area contributed by atoms with Gasteiger partial charge in [-0.1, -0.05) is 38.1 Å². The molecule has 0 fully saturated rings. The number of nitrogens with one attached hydrogen (secondary N) is 1. The zero-order valence-electron chi connectivity index (χ0n) is 12.2. The summed E-state index contributed by atoms with van der Waals surface area (Å²) in [6.07, 6.45) is 0. The van der Waals surface area contributed by atoms with Crippen LogP contribution in [0.3, 0.4) is 0 Å². The molecule has 100 valence electrons. The van der Waals surface area contributed by atoms with Gasteiger partial charge in [0, 0.05) is 5.69 Å². The molecule has 0 aliphatic carbocycles. The quantitative estimate of drug-likeness (QED) is 0.482. The van der Waals surface area contributed by atoms with Gasteiger partial charge in [-0.25, -0.2) is 0 Å². The molecule has 1 rings (SSSR count). The summed E-state index contributed by atoms with van der Waals surface area (Å²) in [6.45, 7) is 12.4. The molecular weight excluding hydrogens is 224 g/mol. The summed E-state index contributed by atoms with van der Waals surface area (Å²) in [5, 5.41) is 15.5. The molecule has 0 atom stereocenters. The van der Waals surface area contributed by atoms with E-state index in [2.05, 4.69) is 55.5 Å². The van der Waals surface area contributed by atoms with E-state index < -0.39 is 0 Å². The van der Waals surface area contributed by atoms with E-state index in [9.17, 15) is 0 Å². The minimum absolute atomic E-state index is 0.163. The Labute approximate surface area is 110 Å². The van der Waals surface area contributed by atoms with Gasteiger partial charge in [0.15, 0.2) is 0 Å². The average molecular weight is 248 g/mol. The average Bonchev–Trinajstić information content (AvgIpc) is 2.26. The maximum absolute atomic E-state index is 8.85. The molecule has 3 nitrogen and oxygen atoms in total. The van der Waals surface area contributed by atoms with Crippen molar-refractivity contribution < 1.29 is 5.21 Å². The lowest BCUT2D eigenvalue weighted by Gasteiger charge is -2.27. The summed E-state index contributed by atoms with van der Waals surface area (Å²) in [5.41, 5.74) is 2.78. The van der Waals surface area contributed by atoms with Crippen LogP contribution in [0.1, 0.15) is 47.1 Å². The molecule has 0 radical (unpaired) electrons. The van der Waals surface area contributed by atoms with E-state index in [1.165, 1.54) is 5.56 Å². The molecule has 0 aliphatic heterocycles. The zero-order valence-corrected chi connectivity index (χ0v) is 12.2. The smallest absolute Gasteiger partial charge is 0.0787 e. The van der Waals surface area contributed by atoms with Gasteiger partial charge in [-0.15, -0.1) is 0 Å². The summed E-state index contributed by atoms with van der Waals surface area (Å²) < 4.78 is 0. The van der Waals surface area contributed by atoms with Crippen molar-refractivity contribution in [1.29, 1.82) is 0 Å². The van der Waals surface area contributed by atoms with Crippen molar-refractivity contribution in [3.05, 3.63) is 29.8 Å². The first kappa shape index (κ1) is 14.6. The van der Waals surface area contributed by atoms with Crippen LogP contribution < -0.4 is 5.32 Å². The molecule has 0 saturated heterocycles. The third-order valence-corrected chi connectivity index (χ3v) is 3.26. The Bertz CT molecular complexity index is 425. The van der Waals surface area contributed by atoms with Gasteiger partial charge in [0.2, 0.25) is 0 Å². The van der Waals surface area contributed by atoms with Crippen molar-refractivity contribution in [2.75, 3.05) is 5.32 Å². The van der Waals surface area contributed by atoms with Gasteiger partial charge in [-0.2, -0.15) is 0 Å². The fraction of sp³-hybridized carbons (Fsp3) is 0.533. The highest BCUT2D eigenvalue weighted by Gasteiger charge is 2.22. The second-order valence-corrected chi connectivity index (χ2v) is 6.26. The Morgan fingerprint density at radius 3 is 1.94 bits per heavy atom. The first-order chi connectivity index (χ1) is 8.16. The van der Waals surface area contributed by atoms with Gasteiger partial charge in [0.05, 0.1) is 11.3 Å². The molecular formula is C15H24N2O. The van der Waals surface area contributed by atoms with Gasteiger partial charge >= 0.3 is 0 Å². The SMILES string of the molecule is C/C(=N/O)C(C)(C)Nc1ccc(C(C)(C)C)cc1. The summed E-state index contributed by atoms with van der Waals surface area (Å²) in [6, 6.07) is 8.38. The Morgan fingerprint density at radius 1 is 1.06 bits per heavy atom. The molecule has 2 N–H and O–H groups in total. The van der Waals surface area contributed by atoms with E-state index in [1.54, 1.807) is 6.92 Å². The third-order valence-electron chi connectivity index (χ3n) is 3.26. The highest BCUT2D eigenvalue weighted by atomic mass is 16.4. The Balaban J connectivity index is 2.88. The van der Waals surface area contributed by atoms with Gasteiger partial charge < -0.3 is 10.5 Å². The van der Waals surface area contributed by atoms with Crippen LogP contribution >= 0.6 is 0 Å². The highest BCUT2D eigenvalue weighted by molar-refractivity contribution is 5.92. The Hall–Kier alpha value is -1.51. The number of benzene rings is 1. The van der Waals surface area contributed by atoms with Crippen LogP contribution in [0.4, 0.5) is 5.69 Å². The predicted octanol–water partition coefficient (Wildman–Crippen LogP) is 4.02. The van der Waals surface area contributed by atoms with E-state index >= 15 is 0 Å². The van der Waals surface area contributed by atoms with Gasteiger partial charge in [-0.05, 0) is 43.9 Å². The van der Waals surface area contributed by atoms with Gasteiger partial charge in [0.25, 0.3) is 0 Å². The molecule has 0 unspecified atom stereocenters. The number of nitrogens with zero attached hydrogens (tertiary/aromatic N) is 1. The normalized spacial score (nSPS) is 13.6. The van der Waals surface area contributed by atoms with Gasteiger partial charge in [0.1, 0.15) is 0 Å². The van der Waals surface area contributed by atoms with Crippen LogP contribution in [-0.2, 0) is 5.41 Å². The monoisotopic (exact) mass is 248 g/mol. The van der Waals surface area contributed by atoms with E-state index in [0.717, 1.165) is 5.69 Å². The summed E-state index contributed by atoms with van der Waals surface area (Å²) in [5.74, 6) is 0. The van der Waals surface area contributed by atoms with Crippen molar-refractivity contribution in [2.45, 2.75) is 52.5 Å². The van der Waals surface area contributed by atoms with E-state index in [-0.39, 0.29) is 11.0 Å². The Morgan fingerprint density at radius 2 is 1.56 bits per heavy atom. The molecule has 0 saturated carbocycles. The van der Waals surface area contributed by atoms with Crippen LogP contribution in [0.15, 0.2) is 29.4 Å². The minimum atomic E-state index is -0.363. The zero-order chi connectivity index (χ0) is 14.0. The molecule has 1 aromatic rings. The standard InChI is InChI=1S/C15H24N2O/c1-11(17-18)15(5,6)16-13-9-7-12(8-10-13)14(2,3)4/h7-10,16,18H,1-6H3/b17-11-. The number of hydrogen-bond acceptors (Lipinski definition) is 3. The van der Waals surface area contributed by atoms with Crippen LogP contribution in [0, 0.1) is 0 Å². The molecule has 3 heteroatoms. The van der Waals surface area contributed by atoms with Crippen molar-refractivity contribution in [3.63, 3.8) is 0 Å². The van der Waals surface area contributed by atoms with Crippen LogP contribution in [0.5, 0.6) is 0 Å². The summed E-state index contributed by atoms with van der Waals surface area (Å²) in [4.78, 5) is 0. The molecule has 0 aliphatic rings. The van der Waals surface area contributed by atoms with Crippen LogP contribution in [-0.4, -0.2) is 16.5 Å². The molecule has 0 heterocycles. The Kier molecular flexibility index (Phi) is 4.05.